The first kappa shape index (κ1) is 18.0. The van der Waals surface area contributed by atoms with Gasteiger partial charge in [-0.1, -0.05) is 30.3 Å². The number of esters is 1. The number of rotatable bonds is 4. The smallest absolute Gasteiger partial charge is 0.321 e. The van der Waals surface area contributed by atoms with Crippen molar-refractivity contribution < 1.29 is 19.1 Å². The number of Topliss-reactive ketones (excluding diaryl/α,β-unsaturated/α-hetero) is 2. The minimum atomic E-state index is -1.54. The van der Waals surface area contributed by atoms with Crippen LogP contribution in [0.1, 0.15) is 53.5 Å². The van der Waals surface area contributed by atoms with Crippen LogP contribution in [0.4, 0.5) is 0 Å². The van der Waals surface area contributed by atoms with Crippen molar-refractivity contribution >= 4 is 17.5 Å². The number of hydrogen-bond donors (Lipinski definition) is 0. The molecule has 0 amide bonds. The van der Waals surface area contributed by atoms with Gasteiger partial charge in [0.1, 0.15) is 11.0 Å². The van der Waals surface area contributed by atoms with Crippen molar-refractivity contribution in [1.82, 2.24) is 4.98 Å². The zero-order valence-electron chi connectivity index (χ0n) is 15.1. The number of carbonyl (C=O) groups excluding carboxylic acids is 3. The van der Waals surface area contributed by atoms with E-state index in [0.717, 1.165) is 5.56 Å². The van der Waals surface area contributed by atoms with Crippen LogP contribution < -0.4 is 0 Å². The third kappa shape index (κ3) is 3.29. The number of pyridine rings is 1. The average Bonchev–Trinajstić information content (AvgIpc) is 2.88. The molecule has 0 spiro atoms. The highest BCUT2D eigenvalue weighted by atomic mass is 16.6. The normalized spacial score (nSPS) is 19.1. The van der Waals surface area contributed by atoms with Gasteiger partial charge in [0.25, 0.3) is 0 Å². The Kier molecular flexibility index (Phi) is 4.48. The highest BCUT2D eigenvalue weighted by Crippen LogP contribution is 2.42. The predicted molar refractivity (Wildman–Crippen MR) is 95.9 cm³/mol. The first-order valence-corrected chi connectivity index (χ1v) is 8.52. The van der Waals surface area contributed by atoms with Gasteiger partial charge in [-0.05, 0) is 38.8 Å². The van der Waals surface area contributed by atoms with Crippen molar-refractivity contribution in [1.29, 1.82) is 0 Å². The second-order valence-corrected chi connectivity index (χ2v) is 7.59. The Morgan fingerprint density at radius 1 is 1.15 bits per heavy atom. The summed E-state index contributed by atoms with van der Waals surface area (Å²) in [6.45, 7) is 5.23. The molecule has 1 aromatic heterocycles. The fourth-order valence-electron chi connectivity index (χ4n) is 3.20. The van der Waals surface area contributed by atoms with Crippen LogP contribution in [0.5, 0.6) is 0 Å². The molecule has 26 heavy (non-hydrogen) atoms. The summed E-state index contributed by atoms with van der Waals surface area (Å²) in [5.74, 6) is -1.31. The van der Waals surface area contributed by atoms with Crippen molar-refractivity contribution in [2.45, 2.75) is 39.2 Å². The van der Waals surface area contributed by atoms with Gasteiger partial charge in [0.05, 0.1) is 0 Å². The van der Waals surface area contributed by atoms with Crippen LogP contribution in [0.3, 0.4) is 0 Å². The number of ketones is 2. The van der Waals surface area contributed by atoms with Gasteiger partial charge in [-0.3, -0.25) is 19.4 Å². The molecule has 0 radical (unpaired) electrons. The number of benzene rings is 1. The van der Waals surface area contributed by atoms with E-state index in [1.165, 1.54) is 6.20 Å². The summed E-state index contributed by atoms with van der Waals surface area (Å²) in [6, 6.07) is 10.4. The van der Waals surface area contributed by atoms with Gasteiger partial charge >= 0.3 is 5.97 Å². The molecule has 2 aromatic rings. The Morgan fingerprint density at radius 2 is 1.85 bits per heavy atom. The summed E-state index contributed by atoms with van der Waals surface area (Å²) in [6.07, 6.45) is 2.96. The fraction of sp³-hybridized carbons (Fsp3) is 0.333. The summed E-state index contributed by atoms with van der Waals surface area (Å²) in [4.78, 5) is 42.9. The lowest BCUT2D eigenvalue weighted by molar-refractivity contribution is -0.164. The highest BCUT2D eigenvalue weighted by Gasteiger charge is 2.54. The third-order valence-corrected chi connectivity index (χ3v) is 4.43. The Hall–Kier alpha value is -2.82. The van der Waals surface area contributed by atoms with E-state index in [4.69, 9.17) is 4.74 Å². The summed E-state index contributed by atoms with van der Waals surface area (Å²) in [7, 11) is 0. The standard InChI is InChI=1S/C21H21NO4/c1-20(2,3)26-19(25)21(12-17(23)14-7-5-4-6-8-14)11-15-9-10-22-13-16(15)18(21)24/h4-10,13H,11-12H2,1-3H3. The van der Waals surface area contributed by atoms with E-state index in [1.54, 1.807) is 57.3 Å². The topological polar surface area (TPSA) is 73.3 Å². The molecular formula is C21H21NO4. The molecule has 5 nitrogen and oxygen atoms in total. The molecule has 1 aromatic carbocycles. The maximum absolute atomic E-state index is 13.1. The monoisotopic (exact) mass is 351 g/mol. The minimum Gasteiger partial charge on any atom is -0.459 e. The summed E-state index contributed by atoms with van der Waals surface area (Å²) >= 11 is 0. The molecule has 5 heteroatoms. The van der Waals surface area contributed by atoms with E-state index in [2.05, 4.69) is 4.98 Å². The molecular weight excluding hydrogens is 330 g/mol. The molecule has 0 aliphatic heterocycles. The number of aromatic nitrogens is 1. The first-order chi connectivity index (χ1) is 12.2. The lowest BCUT2D eigenvalue weighted by Gasteiger charge is -2.29. The number of ether oxygens (including phenoxy) is 1. The van der Waals surface area contributed by atoms with Crippen LogP contribution in [-0.2, 0) is 16.0 Å². The zero-order valence-corrected chi connectivity index (χ0v) is 15.1. The van der Waals surface area contributed by atoms with Crippen LogP contribution in [0.2, 0.25) is 0 Å². The van der Waals surface area contributed by atoms with Crippen molar-refractivity contribution in [2.24, 2.45) is 5.41 Å². The molecule has 0 N–H and O–H groups in total. The van der Waals surface area contributed by atoms with Gasteiger partial charge < -0.3 is 4.74 Å². The minimum absolute atomic E-state index is 0.150. The van der Waals surface area contributed by atoms with E-state index < -0.39 is 17.0 Å². The van der Waals surface area contributed by atoms with Crippen LogP contribution in [0.25, 0.3) is 0 Å². The summed E-state index contributed by atoms with van der Waals surface area (Å²) in [5.41, 5.74) is -0.716. The van der Waals surface area contributed by atoms with Crippen molar-refractivity contribution in [2.75, 3.05) is 0 Å². The SMILES string of the molecule is CC(C)(C)OC(=O)C1(CC(=O)c2ccccc2)Cc2ccncc2C1=O. The summed E-state index contributed by atoms with van der Waals surface area (Å²) < 4.78 is 5.53. The molecule has 1 heterocycles. The van der Waals surface area contributed by atoms with Crippen LogP contribution >= 0.6 is 0 Å². The number of fused-ring (bicyclic) bond motifs is 1. The van der Waals surface area contributed by atoms with Crippen molar-refractivity contribution in [3.05, 3.63) is 65.5 Å². The quantitative estimate of drug-likeness (QED) is 0.479. The van der Waals surface area contributed by atoms with Crippen molar-refractivity contribution in [3.63, 3.8) is 0 Å². The van der Waals surface area contributed by atoms with Gasteiger partial charge in [-0.15, -0.1) is 0 Å². The molecule has 0 saturated heterocycles. The van der Waals surface area contributed by atoms with E-state index in [0.29, 0.717) is 11.1 Å². The lowest BCUT2D eigenvalue weighted by atomic mass is 9.77. The van der Waals surface area contributed by atoms with E-state index in [9.17, 15) is 14.4 Å². The molecule has 1 aliphatic rings. The Bertz CT molecular complexity index is 867. The molecule has 3 rings (SSSR count). The van der Waals surface area contributed by atoms with E-state index >= 15 is 0 Å². The maximum Gasteiger partial charge on any atom is 0.321 e. The van der Waals surface area contributed by atoms with Gasteiger partial charge in [0.15, 0.2) is 11.6 Å². The zero-order chi connectivity index (χ0) is 18.9. The highest BCUT2D eigenvalue weighted by molar-refractivity contribution is 6.18. The summed E-state index contributed by atoms with van der Waals surface area (Å²) in [5, 5.41) is 0. The Morgan fingerprint density at radius 3 is 2.46 bits per heavy atom. The second kappa shape index (κ2) is 6.48. The van der Waals surface area contributed by atoms with Crippen LogP contribution in [-0.4, -0.2) is 28.1 Å². The molecule has 1 aliphatic carbocycles. The third-order valence-electron chi connectivity index (χ3n) is 4.43. The Balaban J connectivity index is 2.00. The molecule has 1 atom stereocenters. The Labute approximate surface area is 152 Å². The molecule has 1 unspecified atom stereocenters. The number of hydrogen-bond acceptors (Lipinski definition) is 5. The van der Waals surface area contributed by atoms with Crippen LogP contribution in [0, 0.1) is 5.41 Å². The molecule has 0 bridgehead atoms. The largest absolute Gasteiger partial charge is 0.459 e. The maximum atomic E-state index is 13.1. The molecule has 0 saturated carbocycles. The fourth-order valence-corrected chi connectivity index (χ4v) is 3.20. The van der Waals surface area contributed by atoms with Crippen LogP contribution in [0.15, 0.2) is 48.8 Å². The second-order valence-electron chi connectivity index (χ2n) is 7.59. The van der Waals surface area contributed by atoms with Gasteiger partial charge in [0, 0.05) is 29.9 Å². The first-order valence-electron chi connectivity index (χ1n) is 8.52. The van der Waals surface area contributed by atoms with Gasteiger partial charge in [-0.25, -0.2) is 0 Å². The van der Waals surface area contributed by atoms with Gasteiger partial charge in [-0.2, -0.15) is 0 Å². The molecule has 134 valence electrons. The van der Waals surface area contributed by atoms with E-state index in [-0.39, 0.29) is 24.4 Å². The average molecular weight is 351 g/mol. The van der Waals surface area contributed by atoms with Crippen molar-refractivity contribution in [3.8, 4) is 0 Å². The number of carbonyl (C=O) groups is 3. The van der Waals surface area contributed by atoms with Gasteiger partial charge in [0.2, 0.25) is 0 Å². The lowest BCUT2D eigenvalue weighted by Crippen LogP contribution is -2.43. The molecule has 0 fully saturated rings. The number of nitrogens with zero attached hydrogens (tertiary/aromatic N) is 1. The van der Waals surface area contributed by atoms with E-state index in [1.807, 2.05) is 6.07 Å². The predicted octanol–water partition coefficient (Wildman–Crippen LogP) is 3.42.